The maximum Gasteiger partial charge on any atom is 0.305 e. The monoisotopic (exact) mass is 297 g/mol. The Morgan fingerprint density at radius 3 is 2.75 bits per heavy atom. The van der Waals surface area contributed by atoms with Crippen LogP contribution >= 0.6 is 11.6 Å². The molecule has 1 aromatic carbocycles. The molecule has 0 bridgehead atoms. The molecule has 0 aromatic heterocycles. The normalized spacial score (nSPS) is 15.5. The van der Waals surface area contributed by atoms with Crippen LogP contribution in [0, 0.1) is 5.92 Å². The summed E-state index contributed by atoms with van der Waals surface area (Å²) in [7, 11) is 1.47. The summed E-state index contributed by atoms with van der Waals surface area (Å²) in [5.74, 6) is -0.611. The molecule has 20 heavy (non-hydrogen) atoms. The maximum atomic E-state index is 12.3. The first-order chi connectivity index (χ1) is 9.51. The fourth-order valence-corrected chi connectivity index (χ4v) is 2.30. The van der Waals surface area contributed by atoms with Gasteiger partial charge in [-0.25, -0.2) is 0 Å². The van der Waals surface area contributed by atoms with Gasteiger partial charge in [-0.15, -0.1) is 0 Å². The van der Waals surface area contributed by atoms with Gasteiger partial charge in [-0.3, -0.25) is 9.59 Å². The Hall–Kier alpha value is -1.75. The molecule has 1 saturated carbocycles. The Bertz CT molecular complexity index is 528. The number of amides is 1. The SMILES string of the molecule is COc1ccc(Cl)cc1C(=O)NC(CC(=O)O)C1CC1. The third kappa shape index (κ3) is 3.63. The fourth-order valence-electron chi connectivity index (χ4n) is 2.13. The van der Waals surface area contributed by atoms with Gasteiger partial charge in [0, 0.05) is 11.1 Å². The highest BCUT2D eigenvalue weighted by Gasteiger charge is 2.34. The van der Waals surface area contributed by atoms with Crippen molar-refractivity contribution < 1.29 is 19.4 Å². The number of methoxy groups -OCH3 is 1. The number of ether oxygens (including phenoxy) is 1. The average molecular weight is 298 g/mol. The van der Waals surface area contributed by atoms with E-state index in [-0.39, 0.29) is 24.3 Å². The zero-order valence-electron chi connectivity index (χ0n) is 11.1. The predicted molar refractivity (Wildman–Crippen MR) is 74.2 cm³/mol. The molecule has 1 aliphatic rings. The third-order valence-electron chi connectivity index (χ3n) is 3.31. The first kappa shape index (κ1) is 14.7. The molecular formula is C14H16ClNO4. The minimum absolute atomic E-state index is 0.0702. The van der Waals surface area contributed by atoms with Crippen molar-refractivity contribution in [3.63, 3.8) is 0 Å². The number of carbonyl (C=O) groups excluding carboxylic acids is 1. The molecule has 1 amide bonds. The van der Waals surface area contributed by atoms with E-state index in [0.29, 0.717) is 16.3 Å². The number of benzene rings is 1. The number of carbonyl (C=O) groups is 2. The van der Waals surface area contributed by atoms with Crippen molar-refractivity contribution in [1.29, 1.82) is 0 Å². The van der Waals surface area contributed by atoms with Crippen molar-refractivity contribution in [2.45, 2.75) is 25.3 Å². The van der Waals surface area contributed by atoms with Crippen LogP contribution in [-0.2, 0) is 4.79 Å². The van der Waals surface area contributed by atoms with Gasteiger partial charge in [0.2, 0.25) is 0 Å². The molecule has 1 unspecified atom stereocenters. The quantitative estimate of drug-likeness (QED) is 0.845. The van der Waals surface area contributed by atoms with E-state index in [9.17, 15) is 9.59 Å². The number of carboxylic acids is 1. The van der Waals surface area contributed by atoms with Crippen molar-refractivity contribution in [2.75, 3.05) is 7.11 Å². The summed E-state index contributed by atoms with van der Waals surface area (Å²) in [5, 5.41) is 12.1. The molecule has 6 heteroatoms. The Labute approximate surface area is 121 Å². The highest BCUT2D eigenvalue weighted by Crippen LogP contribution is 2.34. The van der Waals surface area contributed by atoms with Crippen LogP contribution in [0.4, 0.5) is 0 Å². The average Bonchev–Trinajstić information content (AvgIpc) is 3.21. The van der Waals surface area contributed by atoms with Gasteiger partial charge in [-0.05, 0) is 37.0 Å². The molecule has 1 aromatic rings. The molecule has 1 atom stereocenters. The number of aliphatic carboxylic acids is 1. The number of rotatable bonds is 6. The summed E-state index contributed by atoms with van der Waals surface area (Å²) in [6, 6.07) is 4.41. The lowest BCUT2D eigenvalue weighted by molar-refractivity contribution is -0.137. The van der Waals surface area contributed by atoms with E-state index in [1.54, 1.807) is 12.1 Å². The topological polar surface area (TPSA) is 75.6 Å². The molecule has 2 rings (SSSR count). The molecule has 5 nitrogen and oxygen atoms in total. The summed E-state index contributed by atoms with van der Waals surface area (Å²) in [6.07, 6.45) is 1.83. The maximum absolute atomic E-state index is 12.3. The Morgan fingerprint density at radius 1 is 1.50 bits per heavy atom. The molecule has 0 aliphatic heterocycles. The van der Waals surface area contributed by atoms with Crippen molar-refractivity contribution in [3.05, 3.63) is 28.8 Å². The molecular weight excluding hydrogens is 282 g/mol. The number of halogens is 1. The van der Waals surface area contributed by atoms with Crippen LogP contribution in [0.2, 0.25) is 5.02 Å². The van der Waals surface area contributed by atoms with Crippen molar-refractivity contribution in [2.24, 2.45) is 5.92 Å². The van der Waals surface area contributed by atoms with E-state index >= 15 is 0 Å². The van der Waals surface area contributed by atoms with Gasteiger partial charge >= 0.3 is 5.97 Å². The lowest BCUT2D eigenvalue weighted by Gasteiger charge is -2.17. The number of nitrogens with one attached hydrogen (secondary N) is 1. The predicted octanol–water partition coefficient (Wildman–Crippen LogP) is 2.33. The summed E-state index contributed by atoms with van der Waals surface area (Å²) in [6.45, 7) is 0. The number of hydrogen-bond acceptors (Lipinski definition) is 3. The van der Waals surface area contributed by atoms with Crippen molar-refractivity contribution in [1.82, 2.24) is 5.32 Å². The second kappa shape index (κ2) is 6.13. The first-order valence-electron chi connectivity index (χ1n) is 6.37. The standard InChI is InChI=1S/C14H16ClNO4/c1-20-12-5-4-9(15)6-10(12)14(19)16-11(7-13(17)18)8-2-3-8/h4-6,8,11H,2-3,7H2,1H3,(H,16,19)(H,17,18). The van der Waals surface area contributed by atoms with Crippen LogP contribution < -0.4 is 10.1 Å². The Morgan fingerprint density at radius 2 is 2.20 bits per heavy atom. The lowest BCUT2D eigenvalue weighted by atomic mass is 10.1. The van der Waals surface area contributed by atoms with Crippen molar-refractivity contribution in [3.8, 4) is 5.75 Å². The van der Waals surface area contributed by atoms with Gasteiger partial charge in [0.1, 0.15) is 5.75 Å². The third-order valence-corrected chi connectivity index (χ3v) is 3.54. The van der Waals surface area contributed by atoms with E-state index in [0.717, 1.165) is 12.8 Å². The lowest BCUT2D eigenvalue weighted by Crippen LogP contribution is -2.38. The van der Waals surface area contributed by atoms with Gasteiger partial charge in [-0.2, -0.15) is 0 Å². The highest BCUT2D eigenvalue weighted by atomic mass is 35.5. The van der Waals surface area contributed by atoms with E-state index in [4.69, 9.17) is 21.4 Å². The molecule has 0 spiro atoms. The van der Waals surface area contributed by atoms with Gasteiger partial charge < -0.3 is 15.2 Å². The second-order valence-electron chi connectivity index (χ2n) is 4.86. The Balaban J connectivity index is 2.13. The van der Waals surface area contributed by atoms with Crippen LogP contribution in [0.5, 0.6) is 5.75 Å². The molecule has 1 fully saturated rings. The molecule has 2 N–H and O–H groups in total. The van der Waals surface area contributed by atoms with Gasteiger partial charge in [0.25, 0.3) is 5.91 Å². The van der Waals surface area contributed by atoms with Crippen LogP contribution in [-0.4, -0.2) is 30.1 Å². The van der Waals surface area contributed by atoms with Crippen LogP contribution in [0.15, 0.2) is 18.2 Å². The summed E-state index contributed by atoms with van der Waals surface area (Å²) in [5.41, 5.74) is 0.316. The molecule has 0 saturated heterocycles. The van der Waals surface area contributed by atoms with Crippen LogP contribution in [0.25, 0.3) is 0 Å². The number of hydrogen-bond donors (Lipinski definition) is 2. The fraction of sp³-hybridized carbons (Fsp3) is 0.429. The largest absolute Gasteiger partial charge is 0.496 e. The van der Waals surface area contributed by atoms with Crippen molar-refractivity contribution >= 4 is 23.5 Å². The van der Waals surface area contributed by atoms with E-state index in [1.807, 2.05) is 0 Å². The van der Waals surface area contributed by atoms with Crippen LogP contribution in [0.1, 0.15) is 29.6 Å². The zero-order valence-corrected chi connectivity index (χ0v) is 11.8. The zero-order chi connectivity index (χ0) is 14.7. The van der Waals surface area contributed by atoms with Crippen LogP contribution in [0.3, 0.4) is 0 Å². The Kier molecular flexibility index (Phi) is 4.49. The van der Waals surface area contributed by atoms with Gasteiger partial charge in [0.05, 0.1) is 19.1 Å². The molecule has 1 aliphatic carbocycles. The summed E-state index contributed by atoms with van der Waals surface area (Å²) >= 11 is 5.88. The van der Waals surface area contributed by atoms with E-state index < -0.39 is 5.97 Å². The summed E-state index contributed by atoms with van der Waals surface area (Å²) in [4.78, 5) is 23.1. The molecule has 108 valence electrons. The van der Waals surface area contributed by atoms with Gasteiger partial charge in [0.15, 0.2) is 0 Å². The smallest absolute Gasteiger partial charge is 0.305 e. The summed E-state index contributed by atoms with van der Waals surface area (Å²) < 4.78 is 5.12. The van der Waals surface area contributed by atoms with E-state index in [1.165, 1.54) is 13.2 Å². The molecule has 0 heterocycles. The number of carboxylic acid groups (broad SMARTS) is 1. The molecule has 0 radical (unpaired) electrons. The minimum atomic E-state index is -0.916. The van der Waals surface area contributed by atoms with Gasteiger partial charge in [-0.1, -0.05) is 11.6 Å². The van der Waals surface area contributed by atoms with E-state index in [2.05, 4.69) is 5.32 Å². The first-order valence-corrected chi connectivity index (χ1v) is 6.75. The second-order valence-corrected chi connectivity index (χ2v) is 5.30. The highest BCUT2D eigenvalue weighted by molar-refractivity contribution is 6.31. The minimum Gasteiger partial charge on any atom is -0.496 e.